The molecule has 70 valence electrons. The Morgan fingerprint density at radius 2 is 2.17 bits per heavy atom. The second-order valence-electron chi connectivity index (χ2n) is 2.98. The molecular formula is C9H18N2O. The van der Waals surface area contributed by atoms with Crippen LogP contribution in [0.5, 0.6) is 0 Å². The van der Waals surface area contributed by atoms with E-state index in [1.807, 2.05) is 25.8 Å². The lowest BCUT2D eigenvalue weighted by Gasteiger charge is -2.19. The van der Waals surface area contributed by atoms with E-state index in [1.165, 1.54) is 0 Å². The maximum atomic E-state index is 11.1. The van der Waals surface area contributed by atoms with E-state index >= 15 is 0 Å². The van der Waals surface area contributed by atoms with Crippen LogP contribution in [0.4, 0.5) is 0 Å². The number of hydrogen-bond donors (Lipinski definition) is 1. The molecular weight excluding hydrogens is 152 g/mol. The summed E-state index contributed by atoms with van der Waals surface area (Å²) in [6, 6.07) is -0.0714. The quantitative estimate of drug-likeness (QED) is 0.633. The van der Waals surface area contributed by atoms with E-state index in [1.54, 1.807) is 13.0 Å². The Bertz CT molecular complexity index is 185. The Labute approximate surface area is 74.2 Å². The SMILES string of the molecule is CCN(C)/C(=C\C(C)N)C(C)=O. The topological polar surface area (TPSA) is 46.3 Å². The van der Waals surface area contributed by atoms with Gasteiger partial charge < -0.3 is 10.6 Å². The van der Waals surface area contributed by atoms with Crippen LogP contribution in [-0.2, 0) is 4.79 Å². The second kappa shape index (κ2) is 4.93. The summed E-state index contributed by atoms with van der Waals surface area (Å²) < 4.78 is 0. The van der Waals surface area contributed by atoms with E-state index in [9.17, 15) is 4.79 Å². The highest BCUT2D eigenvalue weighted by Crippen LogP contribution is 2.03. The average molecular weight is 170 g/mol. The minimum Gasteiger partial charge on any atom is -0.372 e. The minimum atomic E-state index is -0.0714. The van der Waals surface area contributed by atoms with E-state index in [2.05, 4.69) is 0 Å². The molecule has 0 amide bonds. The van der Waals surface area contributed by atoms with Crippen molar-refractivity contribution >= 4 is 5.78 Å². The zero-order valence-corrected chi connectivity index (χ0v) is 8.29. The summed E-state index contributed by atoms with van der Waals surface area (Å²) in [6.07, 6.45) is 1.78. The monoisotopic (exact) mass is 170 g/mol. The van der Waals surface area contributed by atoms with Gasteiger partial charge >= 0.3 is 0 Å². The molecule has 3 heteroatoms. The highest BCUT2D eigenvalue weighted by Gasteiger charge is 2.08. The summed E-state index contributed by atoms with van der Waals surface area (Å²) in [5.41, 5.74) is 6.27. The maximum absolute atomic E-state index is 11.1. The van der Waals surface area contributed by atoms with Crippen LogP contribution >= 0.6 is 0 Å². The predicted molar refractivity (Wildman–Crippen MR) is 50.7 cm³/mol. The average Bonchev–Trinajstić information content (AvgIpc) is 1.98. The fourth-order valence-electron chi connectivity index (χ4n) is 0.933. The smallest absolute Gasteiger partial charge is 0.175 e. The number of carbonyl (C=O) groups excluding carboxylic acids is 1. The molecule has 1 unspecified atom stereocenters. The van der Waals surface area contributed by atoms with Gasteiger partial charge in [-0.05, 0) is 19.9 Å². The number of carbonyl (C=O) groups is 1. The van der Waals surface area contributed by atoms with E-state index in [4.69, 9.17) is 5.73 Å². The molecule has 0 aliphatic rings. The van der Waals surface area contributed by atoms with Crippen LogP contribution in [0.25, 0.3) is 0 Å². The summed E-state index contributed by atoms with van der Waals surface area (Å²) >= 11 is 0. The number of nitrogens with two attached hydrogens (primary N) is 1. The molecule has 0 heterocycles. The fourth-order valence-corrected chi connectivity index (χ4v) is 0.933. The van der Waals surface area contributed by atoms with Crippen molar-refractivity contribution in [1.29, 1.82) is 0 Å². The number of hydrogen-bond acceptors (Lipinski definition) is 3. The number of Topliss-reactive ketones (excluding diaryl/α,β-unsaturated/α-hetero) is 1. The van der Waals surface area contributed by atoms with Gasteiger partial charge in [-0.1, -0.05) is 0 Å². The molecule has 0 bridgehead atoms. The summed E-state index contributed by atoms with van der Waals surface area (Å²) in [5, 5.41) is 0. The molecule has 0 aliphatic heterocycles. The van der Waals surface area contributed by atoms with E-state index in [0.717, 1.165) is 6.54 Å². The molecule has 12 heavy (non-hydrogen) atoms. The Kier molecular flexibility index (Phi) is 4.59. The molecule has 0 radical (unpaired) electrons. The molecule has 0 spiro atoms. The van der Waals surface area contributed by atoms with Gasteiger partial charge in [-0.2, -0.15) is 0 Å². The number of rotatable bonds is 4. The van der Waals surface area contributed by atoms with Crippen LogP contribution < -0.4 is 5.73 Å². The van der Waals surface area contributed by atoms with Crippen LogP contribution in [0.1, 0.15) is 20.8 Å². The van der Waals surface area contributed by atoms with Crippen molar-refractivity contribution < 1.29 is 4.79 Å². The third-order valence-electron chi connectivity index (χ3n) is 1.67. The van der Waals surface area contributed by atoms with Crippen LogP contribution in [0, 0.1) is 0 Å². The summed E-state index contributed by atoms with van der Waals surface area (Å²) in [5.74, 6) is 0.0663. The first-order valence-electron chi connectivity index (χ1n) is 4.18. The van der Waals surface area contributed by atoms with Gasteiger partial charge in [-0.15, -0.1) is 0 Å². The molecule has 0 rings (SSSR count). The first-order chi connectivity index (χ1) is 5.49. The van der Waals surface area contributed by atoms with Crippen molar-refractivity contribution in [1.82, 2.24) is 4.90 Å². The summed E-state index contributed by atoms with van der Waals surface area (Å²) in [7, 11) is 1.88. The molecule has 0 saturated heterocycles. The third-order valence-corrected chi connectivity index (χ3v) is 1.67. The van der Waals surface area contributed by atoms with Gasteiger partial charge in [0.25, 0.3) is 0 Å². The molecule has 0 aliphatic carbocycles. The van der Waals surface area contributed by atoms with Crippen molar-refractivity contribution in [2.75, 3.05) is 13.6 Å². The predicted octanol–water partition coefficient (Wildman–Crippen LogP) is 0.758. The van der Waals surface area contributed by atoms with Crippen molar-refractivity contribution in [3.63, 3.8) is 0 Å². The van der Waals surface area contributed by atoms with Gasteiger partial charge in [-0.3, -0.25) is 4.79 Å². The minimum absolute atomic E-state index is 0.0663. The highest BCUT2D eigenvalue weighted by atomic mass is 16.1. The van der Waals surface area contributed by atoms with E-state index in [0.29, 0.717) is 5.70 Å². The van der Waals surface area contributed by atoms with Crippen molar-refractivity contribution in [2.45, 2.75) is 26.8 Å². The number of ketones is 1. The van der Waals surface area contributed by atoms with Crippen LogP contribution in [0.15, 0.2) is 11.8 Å². The maximum Gasteiger partial charge on any atom is 0.175 e. The molecule has 0 aromatic carbocycles. The summed E-state index contributed by atoms with van der Waals surface area (Å²) in [4.78, 5) is 13.0. The normalized spacial score (nSPS) is 14.2. The second-order valence-corrected chi connectivity index (χ2v) is 2.98. The first kappa shape index (κ1) is 11.2. The van der Waals surface area contributed by atoms with Crippen molar-refractivity contribution in [3.05, 3.63) is 11.8 Å². The van der Waals surface area contributed by atoms with E-state index < -0.39 is 0 Å². The molecule has 2 N–H and O–H groups in total. The Hall–Kier alpha value is -0.830. The third kappa shape index (κ3) is 3.53. The van der Waals surface area contributed by atoms with Gasteiger partial charge in [0, 0.05) is 26.6 Å². The van der Waals surface area contributed by atoms with E-state index in [-0.39, 0.29) is 11.8 Å². The van der Waals surface area contributed by atoms with Crippen LogP contribution in [0.2, 0.25) is 0 Å². The molecule has 0 fully saturated rings. The fraction of sp³-hybridized carbons (Fsp3) is 0.667. The Balaban J connectivity index is 4.54. The zero-order chi connectivity index (χ0) is 9.72. The van der Waals surface area contributed by atoms with Gasteiger partial charge in [-0.25, -0.2) is 0 Å². The molecule has 3 nitrogen and oxygen atoms in total. The lowest BCUT2D eigenvalue weighted by atomic mass is 10.2. The molecule has 1 atom stereocenters. The van der Waals surface area contributed by atoms with Gasteiger partial charge in [0.2, 0.25) is 0 Å². The largest absolute Gasteiger partial charge is 0.372 e. The van der Waals surface area contributed by atoms with Crippen molar-refractivity contribution in [2.24, 2.45) is 5.73 Å². The van der Waals surface area contributed by atoms with Gasteiger partial charge in [0.1, 0.15) is 0 Å². The standard InChI is InChI=1S/C9H18N2O/c1-5-11(4)9(8(3)12)6-7(2)10/h6-7H,5,10H2,1-4H3/b9-6-. The van der Waals surface area contributed by atoms with Crippen molar-refractivity contribution in [3.8, 4) is 0 Å². The number of nitrogens with zero attached hydrogens (tertiary/aromatic N) is 1. The number of likely N-dealkylation sites (N-methyl/N-ethyl adjacent to an activating group) is 1. The Morgan fingerprint density at radius 3 is 2.42 bits per heavy atom. The zero-order valence-electron chi connectivity index (χ0n) is 8.29. The lowest BCUT2D eigenvalue weighted by molar-refractivity contribution is -0.114. The van der Waals surface area contributed by atoms with Gasteiger partial charge in [0.05, 0.1) is 5.70 Å². The highest BCUT2D eigenvalue weighted by molar-refractivity contribution is 5.92. The lowest BCUT2D eigenvalue weighted by Crippen LogP contribution is -2.25. The molecule has 0 saturated carbocycles. The molecule has 0 aromatic heterocycles. The van der Waals surface area contributed by atoms with Crippen LogP contribution in [-0.4, -0.2) is 30.3 Å². The first-order valence-corrected chi connectivity index (χ1v) is 4.18. The molecule has 0 aromatic rings. The van der Waals surface area contributed by atoms with Crippen LogP contribution in [0.3, 0.4) is 0 Å². The summed E-state index contributed by atoms with van der Waals surface area (Å²) in [6.45, 7) is 6.23. The van der Waals surface area contributed by atoms with Gasteiger partial charge in [0.15, 0.2) is 5.78 Å². The Morgan fingerprint density at radius 1 is 1.67 bits per heavy atom. The number of allylic oxidation sites excluding steroid dienone is 1.